The number of ketones is 1. The molecule has 0 unspecified atom stereocenters. The zero-order valence-electron chi connectivity index (χ0n) is 21.1. The molecule has 0 radical (unpaired) electrons. The zero-order valence-corrected chi connectivity index (χ0v) is 22.1. The van der Waals surface area contributed by atoms with Gasteiger partial charge in [0.25, 0.3) is 0 Å². The van der Waals surface area contributed by atoms with E-state index < -0.39 is 20.5 Å². The molecule has 2 aliphatic heterocycles. The van der Waals surface area contributed by atoms with Gasteiger partial charge < -0.3 is 23.9 Å². The summed E-state index contributed by atoms with van der Waals surface area (Å²) in [6.45, 7) is 10.9. The largest absolute Gasteiger partial charge is 0.497 e. The Hall–Kier alpha value is -2.59. The first-order chi connectivity index (χ1) is 15.8. The van der Waals surface area contributed by atoms with Gasteiger partial charge in [0, 0.05) is 37.1 Å². The molecule has 0 aromatic heterocycles. The molecule has 1 aromatic carbocycles. The molecular formula is C24H36N2O7Si. The van der Waals surface area contributed by atoms with Crippen molar-refractivity contribution in [3.05, 3.63) is 23.8 Å². The Labute approximate surface area is 202 Å². The van der Waals surface area contributed by atoms with Crippen molar-refractivity contribution < 1.29 is 33.4 Å². The number of likely N-dealkylation sites (tertiary alicyclic amines) is 2. The van der Waals surface area contributed by atoms with Crippen LogP contribution in [0, 0.1) is 5.92 Å². The predicted octanol–water partition coefficient (Wildman–Crippen LogP) is 3.37. The number of carbonyl (C=O) groups excluding carboxylic acids is 2. The van der Waals surface area contributed by atoms with Gasteiger partial charge in [-0.25, -0.2) is 4.79 Å². The molecule has 1 aromatic rings. The second-order valence-corrected chi connectivity index (χ2v) is 15.4. The van der Waals surface area contributed by atoms with Gasteiger partial charge in [-0.05, 0) is 30.3 Å². The van der Waals surface area contributed by atoms with Gasteiger partial charge in [0.2, 0.25) is 5.91 Å². The maximum Gasteiger partial charge on any atom is 0.408 e. The molecule has 34 heavy (non-hydrogen) atoms. The number of carbonyl (C=O) groups is 3. The maximum absolute atomic E-state index is 12.9. The number of ether oxygens (including phenoxy) is 2. The Bertz CT molecular complexity index is 959. The first-order valence-corrected chi connectivity index (χ1v) is 14.4. The Balaban J connectivity index is 1.74. The van der Waals surface area contributed by atoms with Gasteiger partial charge in [0.1, 0.15) is 17.5 Å². The number of amides is 2. The fraction of sp³-hybridized carbons (Fsp3) is 0.625. The van der Waals surface area contributed by atoms with E-state index in [0.29, 0.717) is 11.5 Å². The Morgan fingerprint density at radius 3 is 2.41 bits per heavy atom. The summed E-state index contributed by atoms with van der Waals surface area (Å²) in [5.74, 6) is 0.620. The Kier molecular flexibility index (Phi) is 7.33. The lowest BCUT2D eigenvalue weighted by Crippen LogP contribution is -2.67. The van der Waals surface area contributed by atoms with Crippen LogP contribution in [-0.4, -0.2) is 80.5 Å². The van der Waals surface area contributed by atoms with Crippen molar-refractivity contribution in [2.75, 3.05) is 27.4 Å². The smallest absolute Gasteiger partial charge is 0.408 e. The van der Waals surface area contributed by atoms with Crippen LogP contribution < -0.4 is 9.47 Å². The van der Waals surface area contributed by atoms with Crippen molar-refractivity contribution in [2.24, 2.45) is 5.92 Å². The Morgan fingerprint density at radius 2 is 1.85 bits per heavy atom. The topological polar surface area (TPSA) is 106 Å². The van der Waals surface area contributed by atoms with Gasteiger partial charge in [0.15, 0.2) is 14.1 Å². The van der Waals surface area contributed by atoms with Crippen LogP contribution in [0.3, 0.4) is 0 Å². The lowest BCUT2D eigenvalue weighted by molar-refractivity contribution is -0.155. The number of rotatable bonds is 9. The molecule has 2 aliphatic rings. The van der Waals surface area contributed by atoms with Crippen LogP contribution in [0.4, 0.5) is 4.79 Å². The molecule has 0 aliphatic carbocycles. The van der Waals surface area contributed by atoms with Crippen molar-refractivity contribution in [1.29, 1.82) is 0 Å². The van der Waals surface area contributed by atoms with E-state index in [4.69, 9.17) is 13.9 Å². The molecule has 0 bridgehead atoms. The fourth-order valence-corrected chi connectivity index (χ4v) is 5.37. The van der Waals surface area contributed by atoms with Crippen LogP contribution in [0.1, 0.15) is 32.8 Å². The van der Waals surface area contributed by atoms with Crippen LogP contribution in [0.2, 0.25) is 18.1 Å². The molecule has 2 saturated heterocycles. The highest BCUT2D eigenvalue weighted by Crippen LogP contribution is 2.42. The number of β-lactam (4-membered cyclic amide) rings is 1. The van der Waals surface area contributed by atoms with Gasteiger partial charge in [-0.3, -0.25) is 14.5 Å². The minimum atomic E-state index is -2.08. The van der Waals surface area contributed by atoms with Gasteiger partial charge >= 0.3 is 6.09 Å². The highest BCUT2D eigenvalue weighted by atomic mass is 28.4. The first kappa shape index (κ1) is 26.0. The molecule has 3 atom stereocenters. The van der Waals surface area contributed by atoms with E-state index in [1.54, 1.807) is 31.3 Å². The number of benzene rings is 1. The number of carboxylic acid groups (broad SMARTS) is 1. The minimum Gasteiger partial charge on any atom is -0.497 e. The van der Waals surface area contributed by atoms with Gasteiger partial charge in [-0.1, -0.05) is 20.8 Å². The number of nitrogens with zero attached hydrogens (tertiary/aromatic N) is 2. The predicted molar refractivity (Wildman–Crippen MR) is 129 cm³/mol. The van der Waals surface area contributed by atoms with Gasteiger partial charge in [0.05, 0.1) is 26.9 Å². The summed E-state index contributed by atoms with van der Waals surface area (Å²) < 4.78 is 16.8. The molecular weight excluding hydrogens is 456 g/mol. The fourth-order valence-electron chi connectivity index (χ4n) is 4.42. The van der Waals surface area contributed by atoms with E-state index in [2.05, 4.69) is 33.9 Å². The van der Waals surface area contributed by atoms with E-state index in [-0.39, 0.29) is 54.8 Å². The molecule has 0 saturated carbocycles. The second kappa shape index (κ2) is 9.57. The molecule has 2 amide bonds. The van der Waals surface area contributed by atoms with Crippen molar-refractivity contribution in [3.63, 3.8) is 0 Å². The third-order valence-corrected chi connectivity index (χ3v) is 11.9. The molecule has 3 rings (SSSR count). The summed E-state index contributed by atoms with van der Waals surface area (Å²) in [6, 6.07) is 4.26. The van der Waals surface area contributed by atoms with Gasteiger partial charge in [-0.15, -0.1) is 0 Å². The number of methoxy groups -OCH3 is 2. The van der Waals surface area contributed by atoms with Crippen LogP contribution in [0.5, 0.6) is 11.5 Å². The van der Waals surface area contributed by atoms with Crippen LogP contribution >= 0.6 is 0 Å². The normalized spacial score (nSPS) is 22.3. The molecule has 10 heteroatoms. The number of Topliss-reactive ketones (excluding diaryl/α,β-unsaturated/α-hetero) is 1. The molecule has 188 valence electrons. The third kappa shape index (κ3) is 4.93. The van der Waals surface area contributed by atoms with Crippen molar-refractivity contribution in [2.45, 2.75) is 64.0 Å². The third-order valence-electron chi connectivity index (χ3n) is 7.44. The summed E-state index contributed by atoms with van der Waals surface area (Å²) >= 11 is 0. The summed E-state index contributed by atoms with van der Waals surface area (Å²) in [4.78, 5) is 40.4. The molecule has 1 N–H and O–H groups in total. The van der Waals surface area contributed by atoms with E-state index in [1.807, 2.05) is 6.07 Å². The van der Waals surface area contributed by atoms with Crippen molar-refractivity contribution in [1.82, 2.24) is 9.80 Å². The maximum atomic E-state index is 12.9. The number of hydrogen-bond acceptors (Lipinski definition) is 6. The summed E-state index contributed by atoms with van der Waals surface area (Å²) in [5, 5.41) is 9.62. The summed E-state index contributed by atoms with van der Waals surface area (Å²) in [5.41, 5.74) is 0.787. The standard InChI is InChI=1S/C24H36N2O7Si/c1-24(2,3)34(6,7)33-14-17(27)10-16-13-26(23(29)30)21-20(16)25(22(21)28)12-15-8-9-18(31-4)11-19(15)32-5/h8-9,11,16,20-21H,10,12-14H2,1-7H3,(H,29,30)/t16-,20-,21+/m1/s1. The zero-order chi connectivity index (χ0) is 25.4. The molecule has 2 heterocycles. The van der Waals surface area contributed by atoms with Gasteiger partial charge in [-0.2, -0.15) is 0 Å². The lowest BCUT2D eigenvalue weighted by Gasteiger charge is -2.46. The van der Waals surface area contributed by atoms with Crippen molar-refractivity contribution >= 4 is 26.1 Å². The van der Waals surface area contributed by atoms with Crippen LogP contribution in [0.15, 0.2) is 18.2 Å². The highest BCUT2D eigenvalue weighted by Gasteiger charge is 2.60. The van der Waals surface area contributed by atoms with Crippen LogP contribution in [0.25, 0.3) is 0 Å². The summed E-state index contributed by atoms with van der Waals surface area (Å²) in [6.07, 6.45) is -0.971. The van der Waals surface area contributed by atoms with E-state index in [9.17, 15) is 19.5 Å². The number of hydrogen-bond donors (Lipinski definition) is 1. The average Bonchev–Trinajstić information content (AvgIpc) is 3.10. The van der Waals surface area contributed by atoms with E-state index in [1.165, 1.54) is 4.90 Å². The molecule has 9 nitrogen and oxygen atoms in total. The first-order valence-electron chi connectivity index (χ1n) is 11.5. The minimum absolute atomic E-state index is 0.0116. The summed E-state index contributed by atoms with van der Waals surface area (Å²) in [7, 11) is 1.03. The highest BCUT2D eigenvalue weighted by molar-refractivity contribution is 6.74. The van der Waals surface area contributed by atoms with E-state index >= 15 is 0 Å². The van der Waals surface area contributed by atoms with E-state index in [0.717, 1.165) is 5.56 Å². The Morgan fingerprint density at radius 1 is 1.18 bits per heavy atom. The van der Waals surface area contributed by atoms with Crippen molar-refractivity contribution in [3.8, 4) is 11.5 Å². The lowest BCUT2D eigenvalue weighted by atomic mass is 9.85. The van der Waals surface area contributed by atoms with Crippen LogP contribution in [-0.2, 0) is 20.6 Å². The monoisotopic (exact) mass is 492 g/mol. The average molecular weight is 493 g/mol. The molecule has 0 spiro atoms. The number of fused-ring (bicyclic) bond motifs is 1. The second-order valence-electron chi connectivity index (χ2n) is 10.6. The SMILES string of the molecule is COc1ccc(CN2C(=O)[C@@H]3[C@H]2[C@H](CC(=O)CO[Si](C)(C)C(C)(C)C)CN3C(=O)O)c(OC)c1. The molecule has 2 fully saturated rings. The quantitative estimate of drug-likeness (QED) is 0.416.